The van der Waals surface area contributed by atoms with Gasteiger partial charge < -0.3 is 10.6 Å². The van der Waals surface area contributed by atoms with Crippen LogP contribution in [0.2, 0.25) is 5.02 Å². The number of halogens is 1. The summed E-state index contributed by atoms with van der Waals surface area (Å²) in [4.78, 5) is 24.0. The SMILES string of the molecule is CCc1ccc(NC(=O)C(=O)Nc2c(C)cc(C)cc2Cl)cc1. The number of amides is 2. The summed E-state index contributed by atoms with van der Waals surface area (Å²) in [5.74, 6) is -1.48. The summed E-state index contributed by atoms with van der Waals surface area (Å²) in [6.07, 6.45) is 0.917. The van der Waals surface area contributed by atoms with Crippen molar-refractivity contribution in [3.05, 3.63) is 58.1 Å². The molecule has 0 radical (unpaired) electrons. The molecule has 0 heterocycles. The number of hydrogen-bond acceptors (Lipinski definition) is 2. The van der Waals surface area contributed by atoms with E-state index in [1.807, 2.05) is 32.0 Å². The molecular weight excluding hydrogens is 312 g/mol. The van der Waals surface area contributed by atoms with Gasteiger partial charge in [0.15, 0.2) is 0 Å². The number of hydrogen-bond donors (Lipinski definition) is 2. The molecule has 2 rings (SSSR count). The normalized spacial score (nSPS) is 10.3. The second-order valence-electron chi connectivity index (χ2n) is 5.40. The minimum atomic E-state index is -0.751. The van der Waals surface area contributed by atoms with E-state index < -0.39 is 11.8 Å². The van der Waals surface area contributed by atoms with Crippen molar-refractivity contribution in [1.82, 2.24) is 0 Å². The summed E-state index contributed by atoms with van der Waals surface area (Å²) in [5.41, 5.74) is 4.00. The molecule has 0 saturated heterocycles. The zero-order valence-electron chi connectivity index (χ0n) is 13.4. The highest BCUT2D eigenvalue weighted by atomic mass is 35.5. The molecule has 0 spiro atoms. The van der Waals surface area contributed by atoms with Gasteiger partial charge in [0.05, 0.1) is 10.7 Å². The highest BCUT2D eigenvalue weighted by Crippen LogP contribution is 2.27. The molecule has 2 aromatic carbocycles. The fourth-order valence-electron chi connectivity index (χ4n) is 2.26. The van der Waals surface area contributed by atoms with Crippen LogP contribution in [0.3, 0.4) is 0 Å². The molecule has 5 heteroatoms. The van der Waals surface area contributed by atoms with Crippen LogP contribution >= 0.6 is 11.6 Å². The van der Waals surface area contributed by atoms with Crippen LogP contribution in [0.25, 0.3) is 0 Å². The lowest BCUT2D eigenvalue weighted by molar-refractivity contribution is -0.133. The van der Waals surface area contributed by atoms with E-state index in [9.17, 15) is 9.59 Å². The van der Waals surface area contributed by atoms with Gasteiger partial charge >= 0.3 is 11.8 Å². The van der Waals surface area contributed by atoms with Crippen molar-refractivity contribution in [3.63, 3.8) is 0 Å². The van der Waals surface area contributed by atoms with Crippen molar-refractivity contribution in [2.45, 2.75) is 27.2 Å². The number of aryl methyl sites for hydroxylation is 3. The second kappa shape index (κ2) is 7.29. The number of anilines is 2. The molecule has 0 bridgehead atoms. The average Bonchev–Trinajstić information content (AvgIpc) is 2.51. The zero-order valence-corrected chi connectivity index (χ0v) is 14.1. The summed E-state index contributed by atoms with van der Waals surface area (Å²) in [6.45, 7) is 5.79. The van der Waals surface area contributed by atoms with E-state index >= 15 is 0 Å². The number of carbonyl (C=O) groups is 2. The van der Waals surface area contributed by atoms with Crippen molar-refractivity contribution in [3.8, 4) is 0 Å². The standard InChI is InChI=1S/C18H19ClN2O2/c1-4-13-5-7-14(8-6-13)20-17(22)18(23)21-16-12(3)9-11(2)10-15(16)19/h5-10H,4H2,1-3H3,(H,20,22)(H,21,23). The molecule has 0 atom stereocenters. The van der Waals surface area contributed by atoms with Gasteiger partial charge in [-0.1, -0.05) is 36.7 Å². The monoisotopic (exact) mass is 330 g/mol. The third-order valence-corrected chi connectivity index (χ3v) is 3.79. The fraction of sp³-hybridized carbons (Fsp3) is 0.222. The molecule has 23 heavy (non-hydrogen) atoms. The van der Waals surface area contributed by atoms with E-state index in [1.54, 1.807) is 18.2 Å². The van der Waals surface area contributed by atoms with Crippen molar-refractivity contribution in [2.24, 2.45) is 0 Å². The van der Waals surface area contributed by atoms with Crippen molar-refractivity contribution in [2.75, 3.05) is 10.6 Å². The third-order valence-electron chi connectivity index (χ3n) is 3.50. The molecule has 2 aromatic rings. The zero-order chi connectivity index (χ0) is 17.0. The van der Waals surface area contributed by atoms with Gasteiger partial charge in [-0.05, 0) is 55.2 Å². The van der Waals surface area contributed by atoms with Gasteiger partial charge in [0, 0.05) is 5.69 Å². The van der Waals surface area contributed by atoms with E-state index in [-0.39, 0.29) is 0 Å². The first kappa shape index (κ1) is 17.0. The van der Waals surface area contributed by atoms with Crippen LogP contribution < -0.4 is 10.6 Å². The number of benzene rings is 2. The van der Waals surface area contributed by atoms with Gasteiger partial charge in [0.1, 0.15) is 0 Å². The van der Waals surface area contributed by atoms with Gasteiger partial charge in [0.25, 0.3) is 0 Å². The first-order chi connectivity index (χ1) is 10.9. The van der Waals surface area contributed by atoms with Crippen LogP contribution in [0, 0.1) is 13.8 Å². The topological polar surface area (TPSA) is 58.2 Å². The quantitative estimate of drug-likeness (QED) is 0.832. The maximum Gasteiger partial charge on any atom is 0.314 e. The molecule has 4 nitrogen and oxygen atoms in total. The van der Waals surface area contributed by atoms with Gasteiger partial charge in [-0.2, -0.15) is 0 Å². The summed E-state index contributed by atoms with van der Waals surface area (Å²) in [6, 6.07) is 11.0. The highest BCUT2D eigenvalue weighted by molar-refractivity contribution is 6.45. The van der Waals surface area contributed by atoms with Crippen LogP contribution in [0.5, 0.6) is 0 Å². The van der Waals surface area contributed by atoms with E-state index in [0.29, 0.717) is 16.4 Å². The first-order valence-corrected chi connectivity index (χ1v) is 7.76. The van der Waals surface area contributed by atoms with Gasteiger partial charge in [-0.3, -0.25) is 9.59 Å². The molecular formula is C18H19ClN2O2. The summed E-state index contributed by atoms with van der Waals surface area (Å²) in [5, 5.41) is 5.55. The molecule has 0 unspecified atom stereocenters. The van der Waals surface area contributed by atoms with E-state index in [0.717, 1.165) is 23.1 Å². The Hall–Kier alpha value is -2.33. The van der Waals surface area contributed by atoms with Crippen LogP contribution in [-0.4, -0.2) is 11.8 Å². The number of carbonyl (C=O) groups excluding carboxylic acids is 2. The molecule has 0 aromatic heterocycles. The van der Waals surface area contributed by atoms with Gasteiger partial charge in [0.2, 0.25) is 0 Å². The summed E-state index contributed by atoms with van der Waals surface area (Å²) >= 11 is 6.13. The Kier molecular flexibility index (Phi) is 5.40. The Labute approximate surface area is 140 Å². The molecule has 0 aliphatic rings. The minimum Gasteiger partial charge on any atom is -0.318 e. The van der Waals surface area contributed by atoms with Crippen molar-refractivity contribution >= 4 is 34.8 Å². The molecule has 0 aliphatic heterocycles. The Balaban J connectivity index is 2.07. The molecule has 2 amide bonds. The van der Waals surface area contributed by atoms with E-state index in [4.69, 9.17) is 11.6 Å². The summed E-state index contributed by atoms with van der Waals surface area (Å²) < 4.78 is 0. The smallest absolute Gasteiger partial charge is 0.314 e. The Morgan fingerprint density at radius 2 is 1.61 bits per heavy atom. The Morgan fingerprint density at radius 3 is 2.17 bits per heavy atom. The lowest BCUT2D eigenvalue weighted by atomic mass is 10.1. The second-order valence-corrected chi connectivity index (χ2v) is 5.80. The average molecular weight is 331 g/mol. The van der Waals surface area contributed by atoms with Crippen molar-refractivity contribution < 1.29 is 9.59 Å². The van der Waals surface area contributed by atoms with Gasteiger partial charge in [-0.15, -0.1) is 0 Å². The van der Waals surface area contributed by atoms with Crippen LogP contribution in [0.1, 0.15) is 23.6 Å². The Morgan fingerprint density at radius 1 is 1.00 bits per heavy atom. The molecule has 0 aliphatic carbocycles. The highest BCUT2D eigenvalue weighted by Gasteiger charge is 2.17. The predicted octanol–water partition coefficient (Wildman–Crippen LogP) is 4.10. The van der Waals surface area contributed by atoms with E-state index in [1.165, 1.54) is 0 Å². The fourth-order valence-corrected chi connectivity index (χ4v) is 2.62. The summed E-state index contributed by atoms with van der Waals surface area (Å²) in [7, 11) is 0. The van der Waals surface area contributed by atoms with E-state index in [2.05, 4.69) is 17.6 Å². The van der Waals surface area contributed by atoms with Crippen LogP contribution in [-0.2, 0) is 16.0 Å². The van der Waals surface area contributed by atoms with Gasteiger partial charge in [-0.25, -0.2) is 0 Å². The predicted molar refractivity (Wildman–Crippen MR) is 94.0 cm³/mol. The van der Waals surface area contributed by atoms with Crippen LogP contribution in [0.4, 0.5) is 11.4 Å². The maximum absolute atomic E-state index is 12.0. The molecule has 0 saturated carbocycles. The number of rotatable bonds is 3. The number of nitrogens with one attached hydrogen (secondary N) is 2. The third kappa shape index (κ3) is 4.33. The lowest BCUT2D eigenvalue weighted by Gasteiger charge is -2.11. The Bertz CT molecular complexity index is 716. The molecule has 2 N–H and O–H groups in total. The molecule has 120 valence electrons. The minimum absolute atomic E-state index is 0.413. The lowest BCUT2D eigenvalue weighted by Crippen LogP contribution is -2.29. The molecule has 0 fully saturated rings. The maximum atomic E-state index is 12.0. The largest absolute Gasteiger partial charge is 0.318 e. The first-order valence-electron chi connectivity index (χ1n) is 7.38. The van der Waals surface area contributed by atoms with Crippen LogP contribution in [0.15, 0.2) is 36.4 Å². The van der Waals surface area contributed by atoms with Crippen molar-refractivity contribution in [1.29, 1.82) is 0 Å².